The highest BCUT2D eigenvalue weighted by atomic mass is 35.5. The molecule has 0 fully saturated rings. The van der Waals surface area contributed by atoms with Gasteiger partial charge in [-0.3, -0.25) is 0 Å². The van der Waals surface area contributed by atoms with Crippen LogP contribution in [0.25, 0.3) is 10.8 Å². The Bertz CT molecular complexity index is 528. The van der Waals surface area contributed by atoms with E-state index >= 15 is 0 Å². The van der Waals surface area contributed by atoms with Gasteiger partial charge in [0.1, 0.15) is 0 Å². The average Bonchev–Trinajstić information content (AvgIpc) is 2.31. The maximum absolute atomic E-state index is 6.50. The van der Waals surface area contributed by atoms with Gasteiger partial charge in [-0.2, -0.15) is 0 Å². The van der Waals surface area contributed by atoms with E-state index in [4.69, 9.17) is 11.6 Å². The average molecular weight is 231 g/mol. The zero-order valence-corrected chi connectivity index (χ0v) is 10.1. The Hall–Kier alpha value is -1.01. The first-order valence-electron chi connectivity index (χ1n) is 6.05. The molecule has 82 valence electrons. The lowest BCUT2D eigenvalue weighted by molar-refractivity contribution is 0.669. The molecule has 0 radical (unpaired) electrons. The van der Waals surface area contributed by atoms with Crippen LogP contribution in [0.1, 0.15) is 30.4 Å². The first-order valence-corrected chi connectivity index (χ1v) is 6.43. The van der Waals surface area contributed by atoms with Gasteiger partial charge in [-0.15, -0.1) is 0 Å². The molecule has 1 heteroatoms. The topological polar surface area (TPSA) is 0 Å². The van der Waals surface area contributed by atoms with Crippen LogP contribution in [0.4, 0.5) is 0 Å². The molecule has 16 heavy (non-hydrogen) atoms. The Balaban J connectivity index is 2.33. The molecule has 0 saturated carbocycles. The van der Waals surface area contributed by atoms with E-state index in [1.54, 1.807) is 0 Å². The van der Waals surface area contributed by atoms with Crippen molar-refractivity contribution in [1.82, 2.24) is 0 Å². The highest BCUT2D eigenvalue weighted by Gasteiger charge is 2.13. The minimum Gasteiger partial charge on any atom is -0.0837 e. The van der Waals surface area contributed by atoms with E-state index in [-0.39, 0.29) is 0 Å². The fourth-order valence-electron chi connectivity index (χ4n) is 2.68. The van der Waals surface area contributed by atoms with Crippen LogP contribution < -0.4 is 0 Å². The largest absolute Gasteiger partial charge is 0.0837 e. The second-order valence-electron chi connectivity index (χ2n) is 4.61. The van der Waals surface area contributed by atoms with Crippen LogP contribution in [0.2, 0.25) is 5.02 Å². The molecule has 0 unspecified atom stereocenters. The van der Waals surface area contributed by atoms with Gasteiger partial charge in [-0.25, -0.2) is 0 Å². The third-order valence-corrected chi connectivity index (χ3v) is 4.01. The molecule has 0 aromatic heterocycles. The number of rotatable bonds is 0. The van der Waals surface area contributed by atoms with Gasteiger partial charge in [-0.1, -0.05) is 42.3 Å². The number of hydrogen-bond donors (Lipinski definition) is 0. The number of fused-ring (bicyclic) bond motifs is 4. The summed E-state index contributed by atoms with van der Waals surface area (Å²) in [5.41, 5.74) is 2.71. The summed E-state index contributed by atoms with van der Waals surface area (Å²) >= 11 is 6.50. The van der Waals surface area contributed by atoms with E-state index in [1.807, 2.05) is 0 Å². The minimum absolute atomic E-state index is 1.03. The van der Waals surface area contributed by atoms with Crippen molar-refractivity contribution in [1.29, 1.82) is 0 Å². The predicted molar refractivity (Wildman–Crippen MR) is 70.2 cm³/mol. The Morgan fingerprint density at radius 3 is 2.69 bits per heavy atom. The van der Waals surface area contributed by atoms with Crippen LogP contribution >= 0.6 is 11.6 Å². The van der Waals surface area contributed by atoms with Gasteiger partial charge >= 0.3 is 0 Å². The van der Waals surface area contributed by atoms with Crippen LogP contribution in [0.3, 0.4) is 0 Å². The van der Waals surface area contributed by atoms with Crippen molar-refractivity contribution in [2.45, 2.75) is 32.1 Å². The summed E-state index contributed by atoms with van der Waals surface area (Å²) in [6.45, 7) is 0. The SMILES string of the molecule is Clc1c2cc3ccccc3c1CCCCC2. The molecule has 0 heterocycles. The van der Waals surface area contributed by atoms with E-state index in [2.05, 4.69) is 30.3 Å². The predicted octanol–water partition coefficient (Wildman–Crippen LogP) is 4.76. The van der Waals surface area contributed by atoms with Gasteiger partial charge in [0.05, 0.1) is 0 Å². The maximum Gasteiger partial charge on any atom is 0.0476 e. The zero-order chi connectivity index (χ0) is 11.0. The molecule has 2 aromatic rings. The Morgan fingerprint density at radius 1 is 0.938 bits per heavy atom. The molecule has 0 saturated heterocycles. The molecule has 0 N–H and O–H groups in total. The summed E-state index contributed by atoms with van der Waals surface area (Å²) in [5, 5.41) is 3.72. The summed E-state index contributed by atoms with van der Waals surface area (Å²) in [6.07, 6.45) is 6.14. The zero-order valence-electron chi connectivity index (χ0n) is 9.30. The van der Waals surface area contributed by atoms with Crippen molar-refractivity contribution in [3.8, 4) is 0 Å². The molecular formula is C15H15Cl. The monoisotopic (exact) mass is 230 g/mol. The third kappa shape index (κ3) is 1.62. The van der Waals surface area contributed by atoms with Crippen molar-refractivity contribution in [2.75, 3.05) is 0 Å². The van der Waals surface area contributed by atoms with E-state index in [1.165, 1.54) is 41.2 Å². The van der Waals surface area contributed by atoms with Crippen molar-refractivity contribution < 1.29 is 0 Å². The highest BCUT2D eigenvalue weighted by molar-refractivity contribution is 6.33. The molecule has 1 aliphatic rings. The number of aryl methyl sites for hydroxylation is 2. The first kappa shape index (κ1) is 10.2. The molecule has 2 bridgehead atoms. The van der Waals surface area contributed by atoms with Gasteiger partial charge < -0.3 is 0 Å². The lowest BCUT2D eigenvalue weighted by Gasteiger charge is -2.16. The van der Waals surface area contributed by atoms with Crippen molar-refractivity contribution in [3.63, 3.8) is 0 Å². The summed E-state index contributed by atoms with van der Waals surface area (Å²) in [6, 6.07) is 10.9. The van der Waals surface area contributed by atoms with Crippen LogP contribution in [0.5, 0.6) is 0 Å². The molecule has 0 amide bonds. The smallest absolute Gasteiger partial charge is 0.0476 e. The summed E-state index contributed by atoms with van der Waals surface area (Å²) < 4.78 is 0. The van der Waals surface area contributed by atoms with E-state index in [9.17, 15) is 0 Å². The lowest BCUT2D eigenvalue weighted by atomic mass is 9.92. The Morgan fingerprint density at radius 2 is 1.75 bits per heavy atom. The molecular weight excluding hydrogens is 216 g/mol. The molecule has 0 nitrogen and oxygen atoms in total. The number of benzene rings is 2. The molecule has 0 aliphatic heterocycles. The third-order valence-electron chi connectivity index (χ3n) is 3.54. The quantitative estimate of drug-likeness (QED) is 0.612. The standard InChI is InChI=1S/C15H15Cl/c16-15-12-7-2-1-3-9-14(15)13-8-5-4-6-11(13)10-12/h4-6,8,10H,1-3,7,9H2. The summed E-state index contributed by atoms with van der Waals surface area (Å²) in [5.74, 6) is 0. The number of hydrogen-bond acceptors (Lipinski definition) is 0. The number of halogens is 1. The first-order chi connectivity index (χ1) is 7.86. The van der Waals surface area contributed by atoms with Gasteiger partial charge in [0, 0.05) is 5.02 Å². The van der Waals surface area contributed by atoms with Crippen molar-refractivity contribution in [3.05, 3.63) is 46.5 Å². The molecule has 0 atom stereocenters. The van der Waals surface area contributed by atoms with Crippen LogP contribution in [0, 0.1) is 0 Å². The van der Waals surface area contributed by atoms with Gasteiger partial charge in [0.15, 0.2) is 0 Å². The molecule has 0 spiro atoms. The normalized spacial score (nSPS) is 15.8. The van der Waals surface area contributed by atoms with Crippen molar-refractivity contribution >= 4 is 22.4 Å². The Labute approximate surface area is 101 Å². The van der Waals surface area contributed by atoms with Crippen LogP contribution in [-0.2, 0) is 12.8 Å². The summed E-state index contributed by atoms with van der Waals surface area (Å²) in [4.78, 5) is 0. The van der Waals surface area contributed by atoms with Crippen LogP contribution in [0.15, 0.2) is 30.3 Å². The van der Waals surface area contributed by atoms with E-state index in [0.717, 1.165) is 17.9 Å². The second-order valence-corrected chi connectivity index (χ2v) is 4.99. The van der Waals surface area contributed by atoms with Gasteiger partial charge in [0.2, 0.25) is 0 Å². The Kier molecular flexibility index (Phi) is 2.61. The maximum atomic E-state index is 6.50. The molecule has 2 aromatic carbocycles. The fraction of sp³-hybridized carbons (Fsp3) is 0.333. The van der Waals surface area contributed by atoms with Gasteiger partial charge in [0.25, 0.3) is 0 Å². The van der Waals surface area contributed by atoms with Crippen LogP contribution in [-0.4, -0.2) is 0 Å². The van der Waals surface area contributed by atoms with E-state index in [0.29, 0.717) is 0 Å². The fourth-order valence-corrected chi connectivity index (χ4v) is 3.03. The summed E-state index contributed by atoms with van der Waals surface area (Å²) in [7, 11) is 0. The lowest BCUT2D eigenvalue weighted by Crippen LogP contribution is -1.99. The highest BCUT2D eigenvalue weighted by Crippen LogP contribution is 2.33. The van der Waals surface area contributed by atoms with Crippen molar-refractivity contribution in [2.24, 2.45) is 0 Å². The second kappa shape index (κ2) is 4.10. The molecule has 3 rings (SSSR count). The van der Waals surface area contributed by atoms with E-state index < -0.39 is 0 Å². The molecule has 1 aliphatic carbocycles. The van der Waals surface area contributed by atoms with Gasteiger partial charge in [-0.05, 0) is 53.6 Å². The minimum atomic E-state index is 1.03.